The van der Waals surface area contributed by atoms with Crippen LogP contribution in [0.5, 0.6) is 5.75 Å². The number of nitrogens with one attached hydrogen (secondary N) is 1. The number of halogens is 1. The van der Waals surface area contributed by atoms with Gasteiger partial charge in [0.15, 0.2) is 6.61 Å². The second-order valence-electron chi connectivity index (χ2n) is 8.13. The predicted octanol–water partition coefficient (Wildman–Crippen LogP) is 5.14. The lowest BCUT2D eigenvalue weighted by Crippen LogP contribution is -2.29. The molecule has 0 aromatic heterocycles. The molecule has 1 N–H and O–H groups in total. The van der Waals surface area contributed by atoms with Gasteiger partial charge in [0, 0.05) is 16.7 Å². The van der Waals surface area contributed by atoms with Gasteiger partial charge in [0.25, 0.3) is 15.9 Å². The number of amides is 1. The van der Waals surface area contributed by atoms with Crippen molar-refractivity contribution in [3.8, 4) is 5.75 Å². The molecular weight excluding hydrogens is 504 g/mol. The van der Waals surface area contributed by atoms with Crippen molar-refractivity contribution >= 4 is 43.2 Å². The summed E-state index contributed by atoms with van der Waals surface area (Å²) in [6, 6.07) is 16.1. The Morgan fingerprint density at radius 3 is 2.42 bits per heavy atom. The highest BCUT2D eigenvalue weighted by molar-refractivity contribution is 9.10. The van der Waals surface area contributed by atoms with Crippen LogP contribution in [-0.4, -0.2) is 27.5 Å². The molecule has 1 aliphatic rings. The molecule has 0 spiro atoms. The molecule has 0 fully saturated rings. The van der Waals surface area contributed by atoms with E-state index in [1.54, 1.807) is 19.1 Å². The third-order valence-corrected chi connectivity index (χ3v) is 7.97. The summed E-state index contributed by atoms with van der Waals surface area (Å²) < 4.78 is 34.6. The molecule has 0 radical (unpaired) electrons. The van der Waals surface area contributed by atoms with Crippen molar-refractivity contribution in [3.63, 3.8) is 0 Å². The Morgan fingerprint density at radius 2 is 1.73 bits per heavy atom. The SMILES string of the molecule is Cc1cc(S(=O)(=O)N2CCc3ccccc32)ccc1OCC(=O)Nc1c(C)cc(Br)cc1C. The molecule has 1 amide bonds. The Kier molecular flexibility index (Phi) is 6.50. The highest BCUT2D eigenvalue weighted by Crippen LogP contribution is 2.34. The van der Waals surface area contributed by atoms with Gasteiger partial charge < -0.3 is 10.1 Å². The van der Waals surface area contributed by atoms with Crippen molar-refractivity contribution in [2.24, 2.45) is 0 Å². The fraction of sp³-hybridized carbons (Fsp3) is 0.240. The number of fused-ring (bicyclic) bond motifs is 1. The van der Waals surface area contributed by atoms with Crippen LogP contribution in [-0.2, 0) is 21.2 Å². The van der Waals surface area contributed by atoms with Crippen LogP contribution in [0.25, 0.3) is 0 Å². The third kappa shape index (κ3) is 4.77. The maximum Gasteiger partial charge on any atom is 0.264 e. The van der Waals surface area contributed by atoms with Gasteiger partial charge in [0.05, 0.1) is 10.6 Å². The van der Waals surface area contributed by atoms with Gasteiger partial charge in [-0.1, -0.05) is 34.1 Å². The normalized spacial score (nSPS) is 13.0. The molecule has 0 unspecified atom stereocenters. The van der Waals surface area contributed by atoms with Crippen LogP contribution in [0.4, 0.5) is 11.4 Å². The minimum atomic E-state index is -3.68. The summed E-state index contributed by atoms with van der Waals surface area (Å²) in [6.45, 7) is 5.87. The second kappa shape index (κ2) is 9.19. The Labute approximate surface area is 202 Å². The van der Waals surface area contributed by atoms with Crippen LogP contribution in [0, 0.1) is 20.8 Å². The van der Waals surface area contributed by atoms with Crippen LogP contribution >= 0.6 is 15.9 Å². The van der Waals surface area contributed by atoms with E-state index in [9.17, 15) is 13.2 Å². The zero-order valence-electron chi connectivity index (χ0n) is 18.7. The molecule has 1 aliphatic heterocycles. The molecule has 4 rings (SSSR count). The number of carbonyl (C=O) groups is 1. The van der Waals surface area contributed by atoms with Crippen LogP contribution in [0.3, 0.4) is 0 Å². The molecule has 0 aliphatic carbocycles. The van der Waals surface area contributed by atoms with Crippen molar-refractivity contribution in [1.29, 1.82) is 0 Å². The van der Waals surface area contributed by atoms with E-state index in [4.69, 9.17) is 4.74 Å². The smallest absolute Gasteiger partial charge is 0.264 e. The largest absolute Gasteiger partial charge is 0.483 e. The maximum atomic E-state index is 13.2. The summed E-state index contributed by atoms with van der Waals surface area (Å²) in [5.41, 5.74) is 5.06. The van der Waals surface area contributed by atoms with Crippen molar-refractivity contribution in [1.82, 2.24) is 0 Å². The van der Waals surface area contributed by atoms with E-state index in [-0.39, 0.29) is 17.4 Å². The van der Waals surface area contributed by atoms with Crippen LogP contribution < -0.4 is 14.4 Å². The number of nitrogens with zero attached hydrogens (tertiary/aromatic N) is 1. The van der Waals surface area contributed by atoms with Gasteiger partial charge >= 0.3 is 0 Å². The van der Waals surface area contributed by atoms with Gasteiger partial charge in [-0.05, 0) is 85.8 Å². The van der Waals surface area contributed by atoms with Gasteiger partial charge in [0.2, 0.25) is 0 Å². The number of rotatable bonds is 6. The molecule has 0 atom stereocenters. The summed E-state index contributed by atoms with van der Waals surface area (Å²) in [6.07, 6.45) is 0.696. The molecule has 3 aromatic rings. The topological polar surface area (TPSA) is 75.7 Å². The number of hydrogen-bond donors (Lipinski definition) is 1. The number of para-hydroxylation sites is 1. The lowest BCUT2D eigenvalue weighted by Gasteiger charge is -2.20. The number of sulfonamides is 1. The standard InChI is InChI=1S/C25H25BrN2O4S/c1-16-14-21(33(30,31)28-11-10-19-6-4-5-7-22(19)28)8-9-23(16)32-15-24(29)27-25-17(2)12-20(26)13-18(25)3/h4-9,12-14H,10-11,15H2,1-3H3,(H,27,29). The van der Waals surface area contributed by atoms with Crippen LogP contribution in [0.1, 0.15) is 22.3 Å². The number of carbonyl (C=O) groups excluding carboxylic acids is 1. The van der Waals surface area contributed by atoms with Gasteiger partial charge in [0.1, 0.15) is 5.75 Å². The molecule has 172 valence electrons. The summed E-state index contributed by atoms with van der Waals surface area (Å²) in [7, 11) is -3.68. The van der Waals surface area contributed by atoms with Crippen molar-refractivity contribution in [2.45, 2.75) is 32.1 Å². The average molecular weight is 529 g/mol. The molecule has 0 bridgehead atoms. The Bertz CT molecular complexity index is 1310. The zero-order valence-corrected chi connectivity index (χ0v) is 21.1. The van der Waals surface area contributed by atoms with Gasteiger partial charge in [-0.25, -0.2) is 8.42 Å². The number of ether oxygens (including phenoxy) is 1. The molecule has 8 heteroatoms. The lowest BCUT2D eigenvalue weighted by molar-refractivity contribution is -0.118. The van der Waals surface area contributed by atoms with E-state index in [1.807, 2.05) is 50.2 Å². The van der Waals surface area contributed by atoms with E-state index in [0.29, 0.717) is 24.3 Å². The monoisotopic (exact) mass is 528 g/mol. The fourth-order valence-corrected chi connectivity index (χ4v) is 6.33. The minimum absolute atomic E-state index is 0.179. The highest BCUT2D eigenvalue weighted by atomic mass is 79.9. The Morgan fingerprint density at radius 1 is 1.03 bits per heavy atom. The highest BCUT2D eigenvalue weighted by Gasteiger charge is 2.30. The van der Waals surface area contributed by atoms with Crippen molar-refractivity contribution < 1.29 is 17.9 Å². The second-order valence-corrected chi connectivity index (χ2v) is 10.9. The third-order valence-electron chi connectivity index (χ3n) is 5.70. The summed E-state index contributed by atoms with van der Waals surface area (Å²) in [5, 5.41) is 2.89. The van der Waals surface area contributed by atoms with Crippen LogP contribution in [0.15, 0.2) is 64.0 Å². The maximum absolute atomic E-state index is 13.2. The molecule has 0 saturated heterocycles. The zero-order chi connectivity index (χ0) is 23.8. The average Bonchev–Trinajstić information content (AvgIpc) is 3.20. The van der Waals surface area contributed by atoms with Gasteiger partial charge in [-0.3, -0.25) is 9.10 Å². The molecule has 1 heterocycles. The van der Waals surface area contributed by atoms with E-state index in [0.717, 1.165) is 32.5 Å². The minimum Gasteiger partial charge on any atom is -0.483 e. The van der Waals surface area contributed by atoms with E-state index < -0.39 is 10.0 Å². The van der Waals surface area contributed by atoms with E-state index in [2.05, 4.69) is 21.2 Å². The van der Waals surface area contributed by atoms with Crippen molar-refractivity contribution in [3.05, 3.63) is 81.3 Å². The van der Waals surface area contributed by atoms with E-state index >= 15 is 0 Å². The van der Waals surface area contributed by atoms with E-state index in [1.165, 1.54) is 10.4 Å². The first-order chi connectivity index (χ1) is 15.7. The summed E-state index contributed by atoms with van der Waals surface area (Å²) in [5.74, 6) is 0.184. The quantitative estimate of drug-likeness (QED) is 0.480. The fourth-order valence-electron chi connectivity index (χ4n) is 4.06. The Hall–Kier alpha value is -2.84. The predicted molar refractivity (Wildman–Crippen MR) is 134 cm³/mol. The number of anilines is 2. The molecule has 33 heavy (non-hydrogen) atoms. The molecule has 0 saturated carbocycles. The Balaban J connectivity index is 1.46. The lowest BCUT2D eigenvalue weighted by atomic mass is 10.1. The first-order valence-electron chi connectivity index (χ1n) is 10.6. The first-order valence-corrected chi connectivity index (χ1v) is 12.8. The summed E-state index contributed by atoms with van der Waals surface area (Å²) >= 11 is 3.45. The van der Waals surface area contributed by atoms with Gasteiger partial charge in [-0.2, -0.15) is 0 Å². The number of aryl methyl sites for hydroxylation is 3. The number of benzene rings is 3. The molecule has 3 aromatic carbocycles. The number of hydrogen-bond acceptors (Lipinski definition) is 4. The van der Waals surface area contributed by atoms with Gasteiger partial charge in [-0.15, -0.1) is 0 Å². The molecular formula is C25H25BrN2O4S. The summed E-state index contributed by atoms with van der Waals surface area (Å²) in [4.78, 5) is 12.7. The van der Waals surface area contributed by atoms with Crippen molar-refractivity contribution in [2.75, 3.05) is 22.8 Å². The first kappa shape index (κ1) is 23.3. The molecule has 6 nitrogen and oxygen atoms in total. The van der Waals surface area contributed by atoms with Crippen LogP contribution in [0.2, 0.25) is 0 Å².